The lowest BCUT2D eigenvalue weighted by molar-refractivity contribution is 0.251. The minimum atomic E-state index is -0.0154. The first-order valence-electron chi connectivity index (χ1n) is 10.3. The molecule has 0 spiro atoms. The average Bonchev–Trinajstić information content (AvgIpc) is 2.87. The summed E-state index contributed by atoms with van der Waals surface area (Å²) in [7, 11) is 0. The van der Waals surface area contributed by atoms with Gasteiger partial charge in [0.1, 0.15) is 5.82 Å². The van der Waals surface area contributed by atoms with E-state index >= 15 is 0 Å². The minimum absolute atomic E-state index is 0.0154. The maximum atomic E-state index is 13.2. The molecular formula is C21H27N5O2. The Kier molecular flexibility index (Phi) is 4.44. The molecule has 2 aromatic heterocycles. The number of piperidine rings is 1. The van der Waals surface area contributed by atoms with Gasteiger partial charge in [-0.25, -0.2) is 4.98 Å². The molecule has 0 unspecified atom stereocenters. The molecule has 0 saturated carbocycles. The number of nitrogens with zero attached hydrogens (tertiary/aromatic N) is 3. The summed E-state index contributed by atoms with van der Waals surface area (Å²) in [5.41, 5.74) is 3.91. The Morgan fingerprint density at radius 3 is 2.93 bits per heavy atom. The van der Waals surface area contributed by atoms with Crippen LogP contribution < -0.4 is 16.4 Å². The van der Waals surface area contributed by atoms with Gasteiger partial charge in [-0.1, -0.05) is 6.07 Å². The van der Waals surface area contributed by atoms with Crippen LogP contribution in [0.3, 0.4) is 0 Å². The maximum absolute atomic E-state index is 13.2. The Labute approximate surface area is 163 Å². The highest BCUT2D eigenvalue weighted by molar-refractivity contribution is 5.23. The van der Waals surface area contributed by atoms with E-state index in [-0.39, 0.29) is 11.1 Å². The summed E-state index contributed by atoms with van der Waals surface area (Å²) < 4.78 is 2.03. The van der Waals surface area contributed by atoms with E-state index in [1.54, 1.807) is 0 Å². The summed E-state index contributed by atoms with van der Waals surface area (Å²) in [5, 5.41) is 3.49. The number of aromatic nitrogens is 3. The van der Waals surface area contributed by atoms with Crippen LogP contribution in [0.2, 0.25) is 0 Å². The van der Waals surface area contributed by atoms with Crippen molar-refractivity contribution in [3.8, 4) is 0 Å². The molecule has 2 bridgehead atoms. The van der Waals surface area contributed by atoms with E-state index in [1.807, 2.05) is 17.6 Å². The zero-order valence-corrected chi connectivity index (χ0v) is 16.3. The molecule has 2 N–H and O–H groups in total. The number of H-pyrrole nitrogens is 1. The van der Waals surface area contributed by atoms with Gasteiger partial charge in [-0.3, -0.25) is 14.5 Å². The Morgan fingerprint density at radius 1 is 1.18 bits per heavy atom. The average molecular weight is 381 g/mol. The van der Waals surface area contributed by atoms with E-state index < -0.39 is 0 Å². The van der Waals surface area contributed by atoms with Crippen LogP contribution in [0.4, 0.5) is 0 Å². The van der Waals surface area contributed by atoms with Crippen LogP contribution in [0, 0.1) is 12.8 Å². The number of hydrogen-bond acceptors (Lipinski definition) is 5. The summed E-state index contributed by atoms with van der Waals surface area (Å²) >= 11 is 0. The third kappa shape index (κ3) is 3.12. The number of nitrogens with one attached hydrogen (secondary N) is 2. The highest BCUT2D eigenvalue weighted by Gasteiger charge is 2.31. The predicted octanol–water partition coefficient (Wildman–Crippen LogP) is 0.548. The smallest absolute Gasteiger partial charge is 0.255 e. The first kappa shape index (κ1) is 17.8. The molecule has 0 aliphatic carbocycles. The van der Waals surface area contributed by atoms with Crippen molar-refractivity contribution in [3.05, 3.63) is 61.2 Å². The van der Waals surface area contributed by atoms with Crippen LogP contribution in [0.25, 0.3) is 0 Å². The monoisotopic (exact) mass is 381 g/mol. The van der Waals surface area contributed by atoms with Gasteiger partial charge in [-0.2, -0.15) is 0 Å². The van der Waals surface area contributed by atoms with E-state index in [9.17, 15) is 9.59 Å². The number of aromatic amines is 1. The Bertz CT molecular complexity index is 1020. The molecule has 5 rings (SSSR count). The Morgan fingerprint density at radius 2 is 2.04 bits per heavy atom. The number of pyridine rings is 1. The largest absolute Gasteiger partial charge is 0.316 e. The van der Waals surface area contributed by atoms with Crippen LogP contribution in [0.15, 0.2) is 21.7 Å². The molecule has 5 heterocycles. The first-order valence-corrected chi connectivity index (χ1v) is 10.3. The molecule has 28 heavy (non-hydrogen) atoms. The lowest BCUT2D eigenvalue weighted by atomic mass is 9.84. The maximum Gasteiger partial charge on any atom is 0.255 e. The molecule has 2 atom stereocenters. The zero-order valence-electron chi connectivity index (χ0n) is 16.3. The predicted molar refractivity (Wildman–Crippen MR) is 107 cm³/mol. The Balaban J connectivity index is 1.38. The summed E-state index contributed by atoms with van der Waals surface area (Å²) in [6, 6.07) is 4.18. The molecule has 0 aromatic carbocycles. The second-order valence-electron chi connectivity index (χ2n) is 8.51. The molecule has 3 aliphatic heterocycles. The molecular weight excluding hydrogens is 354 g/mol. The molecule has 7 heteroatoms. The number of aryl methyl sites for hydroxylation is 1. The van der Waals surface area contributed by atoms with Crippen molar-refractivity contribution in [1.82, 2.24) is 24.8 Å². The van der Waals surface area contributed by atoms with E-state index in [1.165, 1.54) is 12.1 Å². The van der Waals surface area contributed by atoms with Crippen LogP contribution >= 0.6 is 0 Å². The second-order valence-corrected chi connectivity index (χ2v) is 8.51. The van der Waals surface area contributed by atoms with Gasteiger partial charge in [0.05, 0.1) is 5.69 Å². The number of hydrogen-bond donors (Lipinski definition) is 2. The van der Waals surface area contributed by atoms with Gasteiger partial charge in [-0.05, 0) is 38.3 Å². The van der Waals surface area contributed by atoms with Gasteiger partial charge in [0.2, 0.25) is 0 Å². The highest BCUT2D eigenvalue weighted by atomic mass is 16.1. The fourth-order valence-corrected chi connectivity index (χ4v) is 5.13. The van der Waals surface area contributed by atoms with Crippen LogP contribution in [0.5, 0.6) is 0 Å². The van der Waals surface area contributed by atoms with Crippen LogP contribution in [0.1, 0.15) is 40.7 Å². The third-order valence-electron chi connectivity index (χ3n) is 6.54. The van der Waals surface area contributed by atoms with Gasteiger partial charge in [0, 0.05) is 61.9 Å². The van der Waals surface area contributed by atoms with Gasteiger partial charge in [0.15, 0.2) is 0 Å². The third-order valence-corrected chi connectivity index (χ3v) is 6.54. The molecule has 7 nitrogen and oxygen atoms in total. The van der Waals surface area contributed by atoms with Gasteiger partial charge < -0.3 is 14.9 Å². The molecule has 0 amide bonds. The molecule has 1 fully saturated rings. The molecule has 148 valence electrons. The highest BCUT2D eigenvalue weighted by Crippen LogP contribution is 2.31. The van der Waals surface area contributed by atoms with Crippen molar-refractivity contribution < 1.29 is 0 Å². The normalized spacial score (nSPS) is 24.3. The quantitative estimate of drug-likeness (QED) is 0.794. The van der Waals surface area contributed by atoms with Gasteiger partial charge in [-0.15, -0.1) is 0 Å². The van der Waals surface area contributed by atoms with Crippen molar-refractivity contribution in [2.24, 2.45) is 5.92 Å². The van der Waals surface area contributed by atoms with Crippen molar-refractivity contribution in [2.75, 3.05) is 26.2 Å². The molecule has 2 aromatic rings. The lowest BCUT2D eigenvalue weighted by Crippen LogP contribution is -2.45. The lowest BCUT2D eigenvalue weighted by Gasteiger charge is -2.37. The number of fused-ring (bicyclic) bond motifs is 5. The molecule has 0 radical (unpaired) electrons. The first-order chi connectivity index (χ1) is 13.6. The van der Waals surface area contributed by atoms with Gasteiger partial charge in [0.25, 0.3) is 11.1 Å². The summed E-state index contributed by atoms with van der Waals surface area (Å²) in [4.78, 5) is 35.0. The van der Waals surface area contributed by atoms with Crippen molar-refractivity contribution in [2.45, 2.75) is 45.2 Å². The fraction of sp³-hybridized carbons (Fsp3) is 0.571. The SMILES string of the molecule is Cc1nc2c(c(=O)[nH]1)CCN(Cc1ccc3n(c1=O)C[C@@H]1CNC[C@H]3C1)CC2. The van der Waals surface area contributed by atoms with Crippen LogP contribution in [-0.4, -0.2) is 45.6 Å². The zero-order chi connectivity index (χ0) is 19.3. The standard InChI is InChI=1S/C21H27N5O2/c1-13-23-18-5-7-25(6-4-17(18)20(27)24-13)12-15-2-3-19-16-8-14(9-22-10-16)11-26(19)21(15)28/h2-3,14,16,22H,4-12H2,1H3,(H,23,24,27)/t14-,16+/m0/s1. The Hall–Kier alpha value is -2.25. The fourth-order valence-electron chi connectivity index (χ4n) is 5.13. The molecule has 3 aliphatic rings. The van der Waals surface area contributed by atoms with E-state index in [2.05, 4.69) is 26.3 Å². The van der Waals surface area contributed by atoms with E-state index in [0.717, 1.165) is 56.0 Å². The summed E-state index contributed by atoms with van der Waals surface area (Å²) in [6.45, 7) is 6.87. The number of rotatable bonds is 2. The van der Waals surface area contributed by atoms with E-state index in [0.29, 0.717) is 30.6 Å². The topological polar surface area (TPSA) is 83.0 Å². The van der Waals surface area contributed by atoms with Crippen molar-refractivity contribution >= 4 is 0 Å². The molecule has 1 saturated heterocycles. The summed E-state index contributed by atoms with van der Waals surface area (Å²) in [6.07, 6.45) is 2.62. The van der Waals surface area contributed by atoms with Gasteiger partial charge >= 0.3 is 0 Å². The van der Waals surface area contributed by atoms with Crippen LogP contribution in [-0.2, 0) is 25.9 Å². The van der Waals surface area contributed by atoms with Crippen molar-refractivity contribution in [1.29, 1.82) is 0 Å². The minimum Gasteiger partial charge on any atom is -0.316 e. The van der Waals surface area contributed by atoms with E-state index in [4.69, 9.17) is 0 Å². The van der Waals surface area contributed by atoms with Crippen molar-refractivity contribution in [3.63, 3.8) is 0 Å². The summed E-state index contributed by atoms with van der Waals surface area (Å²) in [5.74, 6) is 1.70. The second kappa shape index (κ2) is 6.97.